The molecule has 0 unspecified atom stereocenters. The number of hydrogen-bond acceptors (Lipinski definition) is 5. The van der Waals surface area contributed by atoms with Gasteiger partial charge in [0, 0.05) is 5.02 Å². The third kappa shape index (κ3) is 4.34. The van der Waals surface area contributed by atoms with Crippen molar-refractivity contribution in [1.29, 1.82) is 0 Å². The molecule has 0 aliphatic heterocycles. The van der Waals surface area contributed by atoms with Crippen molar-refractivity contribution in [3.8, 4) is 5.69 Å². The first kappa shape index (κ1) is 21.8. The number of benzene rings is 2. The van der Waals surface area contributed by atoms with Crippen LogP contribution >= 0.6 is 46.4 Å². The van der Waals surface area contributed by atoms with Crippen molar-refractivity contribution >= 4 is 62.3 Å². The fourth-order valence-electron chi connectivity index (χ4n) is 2.36. The van der Waals surface area contributed by atoms with E-state index in [2.05, 4.69) is 10.3 Å². The van der Waals surface area contributed by atoms with Crippen LogP contribution in [0.2, 0.25) is 20.1 Å². The summed E-state index contributed by atoms with van der Waals surface area (Å²) in [7, 11) is -4.34. The highest BCUT2D eigenvalue weighted by atomic mass is 35.5. The molecule has 0 saturated heterocycles. The van der Waals surface area contributed by atoms with E-state index in [9.17, 15) is 17.6 Å². The average Bonchev–Trinajstić information content (AvgIpc) is 2.97. The van der Waals surface area contributed by atoms with Gasteiger partial charge >= 0.3 is 0 Å². The molecule has 0 spiro atoms. The first-order valence-corrected chi connectivity index (χ1v) is 10.6. The quantitative estimate of drug-likeness (QED) is 0.574. The number of rotatable bonds is 4. The molecule has 0 saturated carbocycles. The van der Waals surface area contributed by atoms with Crippen LogP contribution < -0.4 is 4.72 Å². The lowest BCUT2D eigenvalue weighted by molar-refractivity contribution is 0.0976. The Bertz CT molecular complexity index is 1220. The Kier molecular flexibility index (Phi) is 6.07. The number of amides is 1. The van der Waals surface area contributed by atoms with Crippen molar-refractivity contribution in [1.82, 2.24) is 19.7 Å². The zero-order valence-electron chi connectivity index (χ0n) is 14.3. The molecular formula is C16H9Cl4FN4O3S. The van der Waals surface area contributed by atoms with E-state index < -0.39 is 31.7 Å². The van der Waals surface area contributed by atoms with Gasteiger partial charge in [0.2, 0.25) is 0 Å². The smallest absolute Gasteiger partial charge is 0.266 e. The lowest BCUT2D eigenvalue weighted by Gasteiger charge is -2.09. The van der Waals surface area contributed by atoms with Crippen molar-refractivity contribution < 1.29 is 17.6 Å². The van der Waals surface area contributed by atoms with E-state index in [-0.39, 0.29) is 27.1 Å². The number of hydrogen-bond donors (Lipinski definition) is 1. The SMILES string of the molecule is Cc1c(C(=O)NS(=O)(=O)c2ccc(F)c(Cl)c2)nnn1-c1c(Cl)cc(Cl)cc1Cl. The Balaban J connectivity index is 1.95. The van der Waals surface area contributed by atoms with E-state index in [0.717, 1.165) is 18.2 Å². The number of carbonyl (C=O) groups is 1. The Morgan fingerprint density at radius 1 is 1.07 bits per heavy atom. The zero-order chi connectivity index (χ0) is 21.5. The van der Waals surface area contributed by atoms with Crippen molar-refractivity contribution in [3.05, 3.63) is 67.6 Å². The number of nitrogens with zero attached hydrogens (tertiary/aromatic N) is 3. The van der Waals surface area contributed by atoms with Crippen LogP contribution in [0.3, 0.4) is 0 Å². The number of carbonyl (C=O) groups excluding carboxylic acids is 1. The minimum Gasteiger partial charge on any atom is -0.266 e. The second kappa shape index (κ2) is 8.08. The Labute approximate surface area is 184 Å². The minimum absolute atomic E-state index is 0.149. The summed E-state index contributed by atoms with van der Waals surface area (Å²) < 4.78 is 41.0. The van der Waals surface area contributed by atoms with Crippen LogP contribution in [0, 0.1) is 12.7 Å². The first-order chi connectivity index (χ1) is 13.5. The molecular weight excluding hydrogens is 489 g/mol. The molecule has 1 N–H and O–H groups in total. The van der Waals surface area contributed by atoms with Gasteiger partial charge in [-0.25, -0.2) is 22.2 Å². The van der Waals surface area contributed by atoms with Gasteiger partial charge in [0.25, 0.3) is 15.9 Å². The molecule has 1 heterocycles. The lowest BCUT2D eigenvalue weighted by atomic mass is 10.3. The van der Waals surface area contributed by atoms with E-state index in [1.807, 2.05) is 4.72 Å². The van der Waals surface area contributed by atoms with Crippen LogP contribution in [0.4, 0.5) is 4.39 Å². The third-order valence-electron chi connectivity index (χ3n) is 3.73. The van der Waals surface area contributed by atoms with E-state index in [1.54, 1.807) is 0 Å². The highest BCUT2D eigenvalue weighted by molar-refractivity contribution is 7.90. The van der Waals surface area contributed by atoms with Crippen LogP contribution in [0.1, 0.15) is 16.2 Å². The van der Waals surface area contributed by atoms with Gasteiger partial charge < -0.3 is 0 Å². The van der Waals surface area contributed by atoms with Crippen LogP contribution in [0.25, 0.3) is 5.69 Å². The fourth-order valence-corrected chi connectivity index (χ4v) is 4.56. The number of halogens is 5. The van der Waals surface area contributed by atoms with Gasteiger partial charge in [-0.15, -0.1) is 5.10 Å². The molecule has 1 amide bonds. The largest absolute Gasteiger partial charge is 0.287 e. The third-order valence-corrected chi connectivity index (χ3v) is 6.14. The van der Waals surface area contributed by atoms with Crippen molar-refractivity contribution in [2.24, 2.45) is 0 Å². The molecule has 152 valence electrons. The molecule has 2 aromatic carbocycles. The Hall–Kier alpha value is -1.91. The normalized spacial score (nSPS) is 11.5. The van der Waals surface area contributed by atoms with Crippen LogP contribution in [0.5, 0.6) is 0 Å². The summed E-state index contributed by atoms with van der Waals surface area (Å²) in [5, 5.41) is 7.71. The Morgan fingerprint density at radius 2 is 1.69 bits per heavy atom. The summed E-state index contributed by atoms with van der Waals surface area (Å²) in [5.41, 5.74) is 0.0970. The molecule has 7 nitrogen and oxygen atoms in total. The summed E-state index contributed by atoms with van der Waals surface area (Å²) in [4.78, 5) is 12.1. The summed E-state index contributed by atoms with van der Waals surface area (Å²) in [6.45, 7) is 1.47. The van der Waals surface area contributed by atoms with Crippen LogP contribution in [-0.4, -0.2) is 29.3 Å². The summed E-state index contributed by atoms with van der Waals surface area (Å²) >= 11 is 23.8. The van der Waals surface area contributed by atoms with Gasteiger partial charge in [0.1, 0.15) is 11.5 Å². The van der Waals surface area contributed by atoms with E-state index in [4.69, 9.17) is 46.4 Å². The maximum absolute atomic E-state index is 13.3. The zero-order valence-corrected chi connectivity index (χ0v) is 18.1. The molecule has 0 fully saturated rings. The second-order valence-electron chi connectivity index (χ2n) is 5.66. The molecule has 0 aliphatic rings. The van der Waals surface area contributed by atoms with Crippen LogP contribution in [-0.2, 0) is 10.0 Å². The number of aromatic nitrogens is 3. The fraction of sp³-hybridized carbons (Fsp3) is 0.0625. The maximum Gasteiger partial charge on any atom is 0.287 e. The van der Waals surface area contributed by atoms with E-state index >= 15 is 0 Å². The predicted molar refractivity (Wildman–Crippen MR) is 107 cm³/mol. The highest BCUT2D eigenvalue weighted by Crippen LogP contribution is 2.32. The highest BCUT2D eigenvalue weighted by Gasteiger charge is 2.25. The topological polar surface area (TPSA) is 93.9 Å². The monoisotopic (exact) mass is 496 g/mol. The Morgan fingerprint density at radius 3 is 2.28 bits per heavy atom. The summed E-state index contributed by atoms with van der Waals surface area (Å²) in [6, 6.07) is 5.56. The maximum atomic E-state index is 13.3. The van der Waals surface area contributed by atoms with E-state index in [1.165, 1.54) is 23.7 Å². The standard InChI is InChI=1S/C16H9Cl4FN4O3S/c1-7-14(22-24-25(7)15-11(19)4-8(17)5-12(15)20)16(26)23-29(27,28)9-2-3-13(21)10(18)6-9/h2-6H,1H3,(H,23,26). The van der Waals surface area contributed by atoms with Gasteiger partial charge in [0.05, 0.1) is 25.7 Å². The molecule has 29 heavy (non-hydrogen) atoms. The number of sulfonamides is 1. The van der Waals surface area contributed by atoms with Crippen LogP contribution in [0.15, 0.2) is 35.2 Å². The molecule has 3 rings (SSSR count). The number of nitrogens with one attached hydrogen (secondary N) is 1. The van der Waals surface area contributed by atoms with Crippen molar-refractivity contribution in [2.75, 3.05) is 0 Å². The summed E-state index contributed by atoms with van der Waals surface area (Å²) in [6.07, 6.45) is 0. The van der Waals surface area contributed by atoms with E-state index in [0.29, 0.717) is 5.02 Å². The lowest BCUT2D eigenvalue weighted by Crippen LogP contribution is -2.31. The minimum atomic E-state index is -4.34. The van der Waals surface area contributed by atoms with Crippen molar-refractivity contribution in [2.45, 2.75) is 11.8 Å². The molecule has 13 heteroatoms. The van der Waals surface area contributed by atoms with Crippen molar-refractivity contribution in [3.63, 3.8) is 0 Å². The molecule has 1 aromatic heterocycles. The van der Waals surface area contributed by atoms with Gasteiger partial charge in [0.15, 0.2) is 5.69 Å². The van der Waals surface area contributed by atoms with Gasteiger partial charge in [-0.2, -0.15) is 0 Å². The summed E-state index contributed by atoms with van der Waals surface area (Å²) in [5.74, 6) is -1.86. The molecule has 0 aliphatic carbocycles. The molecule has 0 radical (unpaired) electrons. The average molecular weight is 498 g/mol. The molecule has 0 atom stereocenters. The molecule has 3 aromatic rings. The molecule has 0 bridgehead atoms. The first-order valence-electron chi connectivity index (χ1n) is 7.60. The second-order valence-corrected chi connectivity index (χ2v) is 9.00. The van der Waals surface area contributed by atoms with Gasteiger partial charge in [-0.3, -0.25) is 4.79 Å². The van der Waals surface area contributed by atoms with Gasteiger partial charge in [-0.1, -0.05) is 51.6 Å². The van der Waals surface area contributed by atoms with Gasteiger partial charge in [-0.05, 0) is 37.3 Å². The predicted octanol–water partition coefficient (Wildman–Crippen LogP) is 4.45.